The molecule has 1 aromatic carbocycles. The van der Waals surface area contributed by atoms with Crippen molar-refractivity contribution in [1.29, 1.82) is 0 Å². The molecule has 1 aliphatic heterocycles. The molecule has 154 valence electrons. The van der Waals surface area contributed by atoms with Crippen molar-refractivity contribution >= 4 is 12.0 Å². The summed E-state index contributed by atoms with van der Waals surface area (Å²) >= 11 is 0. The Bertz CT molecular complexity index is 656. The molecule has 2 fully saturated rings. The number of hydrogen-bond donors (Lipinski definition) is 3. The quantitative estimate of drug-likeness (QED) is 0.665. The van der Waals surface area contributed by atoms with Crippen molar-refractivity contribution in [2.75, 3.05) is 19.7 Å². The van der Waals surface area contributed by atoms with Gasteiger partial charge in [-0.1, -0.05) is 12.1 Å². The van der Waals surface area contributed by atoms with Crippen LogP contribution in [0.4, 0.5) is 4.79 Å². The zero-order chi connectivity index (χ0) is 19.9. The van der Waals surface area contributed by atoms with Crippen LogP contribution in [0.3, 0.4) is 0 Å². The summed E-state index contributed by atoms with van der Waals surface area (Å²) in [6.07, 6.45) is 4.80. The third kappa shape index (κ3) is 5.61. The van der Waals surface area contributed by atoms with Crippen LogP contribution < -0.4 is 10.6 Å². The number of aromatic hydroxyl groups is 1. The van der Waals surface area contributed by atoms with Gasteiger partial charge < -0.3 is 25.4 Å². The predicted octanol–water partition coefficient (Wildman–Crippen LogP) is 2.18. The van der Waals surface area contributed by atoms with Gasteiger partial charge in [0.1, 0.15) is 5.75 Å². The molecule has 7 nitrogen and oxygen atoms in total. The summed E-state index contributed by atoms with van der Waals surface area (Å²) in [5.41, 5.74) is 1.05. The van der Waals surface area contributed by atoms with Gasteiger partial charge in [0.2, 0.25) is 5.91 Å². The number of hydrogen-bond acceptors (Lipinski definition) is 5. The van der Waals surface area contributed by atoms with Gasteiger partial charge in [-0.2, -0.15) is 0 Å². The van der Waals surface area contributed by atoms with Crippen molar-refractivity contribution in [2.24, 2.45) is 0 Å². The molecule has 0 bridgehead atoms. The highest BCUT2D eigenvalue weighted by molar-refractivity contribution is 5.76. The van der Waals surface area contributed by atoms with Crippen molar-refractivity contribution in [1.82, 2.24) is 15.5 Å². The maximum Gasteiger partial charge on any atom is 0.409 e. The summed E-state index contributed by atoms with van der Waals surface area (Å²) in [5.74, 6) is 0.311. The van der Waals surface area contributed by atoms with Gasteiger partial charge in [0.15, 0.2) is 0 Å². The first-order valence-corrected chi connectivity index (χ1v) is 10.3. The highest BCUT2D eigenvalue weighted by Crippen LogP contribution is 2.23. The lowest BCUT2D eigenvalue weighted by Gasteiger charge is -2.42. The van der Waals surface area contributed by atoms with Crippen molar-refractivity contribution in [3.05, 3.63) is 29.8 Å². The lowest BCUT2D eigenvalue weighted by atomic mass is 9.85. The van der Waals surface area contributed by atoms with Crippen molar-refractivity contribution < 1.29 is 19.4 Å². The molecular weight excluding hydrogens is 358 g/mol. The standard InChI is InChI=1S/C21H31N3O4/c1-2-28-21(27)24-13-11-16(12-14-24)22-18-8-9-19(18)23-20(26)10-5-15-3-6-17(25)7-4-15/h3-4,6-7,16,18-19,22,25H,2,5,8-14H2,1H3,(H,23,26)/t18-,19+/m1/s1. The Morgan fingerprint density at radius 2 is 1.79 bits per heavy atom. The van der Waals surface area contributed by atoms with Crippen molar-refractivity contribution in [3.8, 4) is 5.75 Å². The van der Waals surface area contributed by atoms with E-state index in [-0.39, 0.29) is 23.8 Å². The number of nitrogens with zero attached hydrogens (tertiary/aromatic N) is 1. The van der Waals surface area contributed by atoms with Gasteiger partial charge in [0.05, 0.1) is 6.61 Å². The highest BCUT2D eigenvalue weighted by Gasteiger charge is 2.34. The van der Waals surface area contributed by atoms with Gasteiger partial charge in [0, 0.05) is 37.6 Å². The summed E-state index contributed by atoms with van der Waals surface area (Å²) in [6.45, 7) is 3.66. The highest BCUT2D eigenvalue weighted by atomic mass is 16.6. The van der Waals surface area contributed by atoms with E-state index < -0.39 is 0 Å². The van der Waals surface area contributed by atoms with E-state index in [9.17, 15) is 14.7 Å². The minimum atomic E-state index is -0.219. The largest absolute Gasteiger partial charge is 0.508 e. The van der Waals surface area contributed by atoms with Gasteiger partial charge in [0.25, 0.3) is 0 Å². The van der Waals surface area contributed by atoms with Gasteiger partial charge in [-0.25, -0.2) is 4.79 Å². The van der Waals surface area contributed by atoms with Crippen LogP contribution >= 0.6 is 0 Å². The van der Waals surface area contributed by atoms with Crippen LogP contribution in [0, 0.1) is 0 Å². The van der Waals surface area contributed by atoms with E-state index in [0.29, 0.717) is 44.6 Å². The molecule has 1 saturated heterocycles. The molecule has 2 aliphatic rings. The van der Waals surface area contributed by atoms with E-state index in [1.807, 2.05) is 19.1 Å². The second-order valence-electron chi connectivity index (χ2n) is 7.65. The molecule has 0 unspecified atom stereocenters. The van der Waals surface area contributed by atoms with Crippen LogP contribution in [-0.4, -0.2) is 59.8 Å². The smallest absolute Gasteiger partial charge is 0.409 e. The molecule has 1 aliphatic carbocycles. The number of phenols is 1. The van der Waals surface area contributed by atoms with Crippen LogP contribution in [0.1, 0.15) is 44.6 Å². The molecular formula is C21H31N3O4. The summed E-state index contributed by atoms with van der Waals surface area (Å²) in [4.78, 5) is 25.8. The topological polar surface area (TPSA) is 90.9 Å². The van der Waals surface area contributed by atoms with E-state index in [0.717, 1.165) is 31.2 Å². The molecule has 1 heterocycles. The zero-order valence-corrected chi connectivity index (χ0v) is 16.5. The normalized spacial score (nSPS) is 22.4. The summed E-state index contributed by atoms with van der Waals surface area (Å²) in [5, 5.41) is 16.1. The molecule has 28 heavy (non-hydrogen) atoms. The molecule has 3 N–H and O–H groups in total. The van der Waals surface area contributed by atoms with E-state index >= 15 is 0 Å². The molecule has 3 rings (SSSR count). The number of likely N-dealkylation sites (tertiary alicyclic amines) is 1. The molecule has 1 saturated carbocycles. The Morgan fingerprint density at radius 3 is 2.39 bits per heavy atom. The monoisotopic (exact) mass is 389 g/mol. The zero-order valence-electron chi connectivity index (χ0n) is 16.5. The number of amides is 2. The predicted molar refractivity (Wildman–Crippen MR) is 106 cm³/mol. The van der Waals surface area contributed by atoms with E-state index in [1.165, 1.54) is 0 Å². The van der Waals surface area contributed by atoms with Crippen molar-refractivity contribution in [2.45, 2.75) is 63.6 Å². The average molecular weight is 389 g/mol. The van der Waals surface area contributed by atoms with E-state index in [4.69, 9.17) is 4.74 Å². The van der Waals surface area contributed by atoms with E-state index in [1.54, 1.807) is 17.0 Å². The van der Waals surface area contributed by atoms with Crippen LogP contribution in [0.2, 0.25) is 0 Å². The Kier molecular flexibility index (Phi) is 7.14. The summed E-state index contributed by atoms with van der Waals surface area (Å²) in [7, 11) is 0. The number of nitrogens with one attached hydrogen (secondary N) is 2. The molecule has 0 radical (unpaired) electrons. The van der Waals surface area contributed by atoms with Crippen molar-refractivity contribution in [3.63, 3.8) is 0 Å². The van der Waals surface area contributed by atoms with Crippen LogP contribution in [0.15, 0.2) is 24.3 Å². The fourth-order valence-corrected chi connectivity index (χ4v) is 3.82. The SMILES string of the molecule is CCOC(=O)N1CCC(N[C@@H]2CC[C@@H]2NC(=O)CCc2ccc(O)cc2)CC1. The van der Waals surface area contributed by atoms with Crippen LogP contribution in [-0.2, 0) is 16.0 Å². The average Bonchev–Trinajstić information content (AvgIpc) is 2.69. The Balaban J connectivity index is 1.35. The molecule has 0 spiro atoms. The fraction of sp³-hybridized carbons (Fsp3) is 0.619. The third-order valence-electron chi connectivity index (χ3n) is 5.67. The molecule has 2 atom stereocenters. The van der Waals surface area contributed by atoms with Crippen LogP contribution in [0.25, 0.3) is 0 Å². The lowest BCUT2D eigenvalue weighted by Crippen LogP contribution is -2.60. The number of piperidine rings is 1. The number of benzene rings is 1. The number of phenolic OH excluding ortho intramolecular Hbond substituents is 1. The lowest BCUT2D eigenvalue weighted by molar-refractivity contribution is -0.122. The number of carbonyl (C=O) groups is 2. The molecule has 7 heteroatoms. The fourth-order valence-electron chi connectivity index (χ4n) is 3.82. The Hall–Kier alpha value is -2.28. The number of rotatable bonds is 7. The first-order chi connectivity index (χ1) is 13.5. The van der Waals surface area contributed by atoms with E-state index in [2.05, 4.69) is 10.6 Å². The molecule has 0 aromatic heterocycles. The third-order valence-corrected chi connectivity index (χ3v) is 5.67. The number of carbonyl (C=O) groups excluding carboxylic acids is 2. The second kappa shape index (κ2) is 9.78. The Labute approximate surface area is 166 Å². The van der Waals surface area contributed by atoms with Gasteiger partial charge in [-0.05, 0) is 56.7 Å². The van der Waals surface area contributed by atoms with Gasteiger partial charge in [-0.15, -0.1) is 0 Å². The minimum absolute atomic E-state index is 0.0710. The maximum atomic E-state index is 12.3. The molecule has 1 aromatic rings. The maximum absolute atomic E-state index is 12.3. The minimum Gasteiger partial charge on any atom is -0.508 e. The number of ether oxygens (including phenoxy) is 1. The summed E-state index contributed by atoms with van der Waals surface area (Å²) in [6, 6.07) is 7.87. The van der Waals surface area contributed by atoms with Gasteiger partial charge >= 0.3 is 6.09 Å². The summed E-state index contributed by atoms with van der Waals surface area (Å²) < 4.78 is 5.06. The van der Waals surface area contributed by atoms with Crippen LogP contribution in [0.5, 0.6) is 5.75 Å². The molecule has 2 amide bonds. The van der Waals surface area contributed by atoms with Gasteiger partial charge in [-0.3, -0.25) is 4.79 Å². The Morgan fingerprint density at radius 1 is 1.11 bits per heavy atom. The first kappa shape index (κ1) is 20.5. The number of aryl methyl sites for hydroxylation is 1. The first-order valence-electron chi connectivity index (χ1n) is 10.3. The second-order valence-corrected chi connectivity index (χ2v) is 7.65.